The monoisotopic (exact) mass is 319 g/mol. The second-order valence-electron chi connectivity index (χ2n) is 4.59. The standard InChI is InChI=1S/C16H17NO4S/c1-11(21-16(19)14-4-3-9-22-14)15(18)17-10-12-5-7-13(20-2)8-6-12/h3-9,11H,10H2,1-2H3,(H,17,18)/t11-/m1/s1. The van der Waals surface area contributed by atoms with Crippen LogP contribution in [0.4, 0.5) is 0 Å². The fourth-order valence-electron chi connectivity index (χ4n) is 1.74. The minimum atomic E-state index is -0.840. The number of ether oxygens (including phenoxy) is 2. The van der Waals surface area contributed by atoms with Gasteiger partial charge in [-0.1, -0.05) is 18.2 Å². The number of carbonyl (C=O) groups is 2. The minimum absolute atomic E-state index is 0.333. The van der Waals surface area contributed by atoms with E-state index in [1.165, 1.54) is 11.3 Å². The molecule has 2 aromatic rings. The molecule has 0 saturated heterocycles. The van der Waals surface area contributed by atoms with E-state index in [0.717, 1.165) is 11.3 Å². The van der Waals surface area contributed by atoms with Gasteiger partial charge in [-0.2, -0.15) is 0 Å². The van der Waals surface area contributed by atoms with Crippen LogP contribution in [-0.4, -0.2) is 25.1 Å². The SMILES string of the molecule is COc1ccc(CNC(=O)[C@@H](C)OC(=O)c2cccs2)cc1. The van der Waals surface area contributed by atoms with Crippen molar-refractivity contribution in [1.82, 2.24) is 5.32 Å². The summed E-state index contributed by atoms with van der Waals surface area (Å²) in [6.45, 7) is 1.92. The van der Waals surface area contributed by atoms with Crippen LogP contribution in [0.15, 0.2) is 41.8 Å². The van der Waals surface area contributed by atoms with E-state index in [-0.39, 0.29) is 5.91 Å². The Labute approximate surface area is 132 Å². The van der Waals surface area contributed by atoms with Crippen LogP contribution in [0.2, 0.25) is 0 Å². The molecule has 2 rings (SSSR count). The number of methoxy groups -OCH3 is 1. The number of esters is 1. The molecule has 1 aromatic carbocycles. The second kappa shape index (κ2) is 7.61. The topological polar surface area (TPSA) is 64.6 Å². The Morgan fingerprint density at radius 2 is 1.95 bits per heavy atom. The fraction of sp³-hybridized carbons (Fsp3) is 0.250. The quantitative estimate of drug-likeness (QED) is 0.831. The molecule has 1 atom stereocenters. The van der Waals surface area contributed by atoms with E-state index in [2.05, 4.69) is 5.32 Å². The Morgan fingerprint density at radius 1 is 1.23 bits per heavy atom. The number of amides is 1. The molecule has 116 valence electrons. The van der Waals surface area contributed by atoms with Crippen LogP contribution in [0.1, 0.15) is 22.2 Å². The smallest absolute Gasteiger partial charge is 0.349 e. The Morgan fingerprint density at radius 3 is 2.55 bits per heavy atom. The highest BCUT2D eigenvalue weighted by Gasteiger charge is 2.19. The van der Waals surface area contributed by atoms with Gasteiger partial charge in [-0.15, -0.1) is 11.3 Å². The summed E-state index contributed by atoms with van der Waals surface area (Å²) in [6, 6.07) is 10.8. The summed E-state index contributed by atoms with van der Waals surface area (Å²) in [4.78, 5) is 24.2. The van der Waals surface area contributed by atoms with Crippen LogP contribution in [0, 0.1) is 0 Å². The Kier molecular flexibility index (Phi) is 5.55. The Bertz CT molecular complexity index is 622. The van der Waals surface area contributed by atoms with Gasteiger partial charge in [0.05, 0.1) is 7.11 Å². The maximum absolute atomic E-state index is 11.9. The molecule has 1 amide bonds. The van der Waals surface area contributed by atoms with E-state index in [0.29, 0.717) is 11.4 Å². The van der Waals surface area contributed by atoms with Crippen LogP contribution in [-0.2, 0) is 16.1 Å². The lowest BCUT2D eigenvalue weighted by Crippen LogP contribution is -2.35. The molecule has 5 nitrogen and oxygen atoms in total. The molecular weight excluding hydrogens is 302 g/mol. The third-order valence-electron chi connectivity index (χ3n) is 3.00. The highest BCUT2D eigenvalue weighted by molar-refractivity contribution is 7.11. The van der Waals surface area contributed by atoms with Crippen molar-refractivity contribution in [2.45, 2.75) is 19.6 Å². The van der Waals surface area contributed by atoms with Gasteiger partial charge < -0.3 is 14.8 Å². The van der Waals surface area contributed by atoms with Gasteiger partial charge in [0, 0.05) is 6.54 Å². The zero-order chi connectivity index (χ0) is 15.9. The number of nitrogens with one attached hydrogen (secondary N) is 1. The Balaban J connectivity index is 1.82. The van der Waals surface area contributed by atoms with Crippen molar-refractivity contribution in [3.05, 3.63) is 52.2 Å². The molecule has 22 heavy (non-hydrogen) atoms. The molecule has 0 bridgehead atoms. The molecule has 0 spiro atoms. The van der Waals surface area contributed by atoms with E-state index in [9.17, 15) is 9.59 Å². The number of hydrogen-bond acceptors (Lipinski definition) is 5. The number of benzene rings is 1. The lowest BCUT2D eigenvalue weighted by molar-refractivity contribution is -0.129. The number of rotatable bonds is 6. The summed E-state index contributed by atoms with van der Waals surface area (Å²) < 4.78 is 10.2. The molecule has 0 unspecified atom stereocenters. The second-order valence-corrected chi connectivity index (χ2v) is 5.54. The van der Waals surface area contributed by atoms with Gasteiger partial charge in [-0.05, 0) is 36.1 Å². The molecule has 1 heterocycles. The first-order valence-corrected chi connectivity index (χ1v) is 7.63. The van der Waals surface area contributed by atoms with Crippen LogP contribution < -0.4 is 10.1 Å². The lowest BCUT2D eigenvalue weighted by atomic mass is 10.2. The summed E-state index contributed by atoms with van der Waals surface area (Å²) >= 11 is 1.28. The molecule has 0 aliphatic heterocycles. The average molecular weight is 319 g/mol. The van der Waals surface area contributed by atoms with Gasteiger partial charge >= 0.3 is 5.97 Å². The maximum atomic E-state index is 11.9. The third kappa shape index (κ3) is 4.33. The van der Waals surface area contributed by atoms with Crippen molar-refractivity contribution in [2.24, 2.45) is 0 Å². The number of thiophene rings is 1. The van der Waals surface area contributed by atoms with Crippen molar-refractivity contribution >= 4 is 23.2 Å². The van der Waals surface area contributed by atoms with Crippen molar-refractivity contribution in [3.63, 3.8) is 0 Å². The Hall–Kier alpha value is -2.34. The van der Waals surface area contributed by atoms with E-state index >= 15 is 0 Å². The highest BCUT2D eigenvalue weighted by atomic mass is 32.1. The van der Waals surface area contributed by atoms with E-state index < -0.39 is 12.1 Å². The minimum Gasteiger partial charge on any atom is -0.497 e. The zero-order valence-corrected chi connectivity index (χ0v) is 13.2. The lowest BCUT2D eigenvalue weighted by Gasteiger charge is -2.13. The first-order chi connectivity index (χ1) is 10.6. The van der Waals surface area contributed by atoms with Gasteiger partial charge in [-0.25, -0.2) is 4.79 Å². The summed E-state index contributed by atoms with van der Waals surface area (Å²) in [6.07, 6.45) is -0.840. The summed E-state index contributed by atoms with van der Waals surface area (Å²) in [5, 5.41) is 4.52. The highest BCUT2D eigenvalue weighted by Crippen LogP contribution is 2.12. The van der Waals surface area contributed by atoms with Gasteiger partial charge in [0.25, 0.3) is 5.91 Å². The molecule has 0 saturated carbocycles. The summed E-state index contributed by atoms with van der Waals surface area (Å²) in [5.74, 6) is -0.0591. The predicted octanol–water partition coefficient (Wildman–Crippen LogP) is 2.62. The normalized spacial score (nSPS) is 11.5. The van der Waals surface area contributed by atoms with Crippen molar-refractivity contribution in [1.29, 1.82) is 0 Å². The van der Waals surface area contributed by atoms with E-state index in [1.54, 1.807) is 31.5 Å². The number of carbonyl (C=O) groups excluding carboxylic acids is 2. The van der Waals surface area contributed by atoms with Crippen LogP contribution in [0.3, 0.4) is 0 Å². The van der Waals surface area contributed by atoms with Crippen molar-refractivity contribution < 1.29 is 19.1 Å². The van der Waals surface area contributed by atoms with Gasteiger partial charge in [-0.3, -0.25) is 4.79 Å². The molecule has 1 N–H and O–H groups in total. The van der Waals surface area contributed by atoms with E-state index in [4.69, 9.17) is 9.47 Å². The molecule has 1 aromatic heterocycles. The van der Waals surface area contributed by atoms with Gasteiger partial charge in [0.15, 0.2) is 6.10 Å². The average Bonchev–Trinajstić information content (AvgIpc) is 3.07. The molecule has 0 radical (unpaired) electrons. The number of hydrogen-bond donors (Lipinski definition) is 1. The summed E-state index contributed by atoms with van der Waals surface area (Å²) in [5.41, 5.74) is 0.936. The van der Waals surface area contributed by atoms with E-state index in [1.807, 2.05) is 24.3 Å². The fourth-order valence-corrected chi connectivity index (χ4v) is 2.35. The van der Waals surface area contributed by atoms with Crippen molar-refractivity contribution in [3.8, 4) is 5.75 Å². The van der Waals surface area contributed by atoms with Crippen LogP contribution in [0.25, 0.3) is 0 Å². The summed E-state index contributed by atoms with van der Waals surface area (Å²) in [7, 11) is 1.60. The molecule has 6 heteroatoms. The third-order valence-corrected chi connectivity index (χ3v) is 3.85. The van der Waals surface area contributed by atoms with Crippen LogP contribution in [0.5, 0.6) is 5.75 Å². The predicted molar refractivity (Wildman–Crippen MR) is 84.0 cm³/mol. The molecule has 0 fully saturated rings. The largest absolute Gasteiger partial charge is 0.497 e. The first kappa shape index (κ1) is 16.0. The van der Waals surface area contributed by atoms with Crippen LogP contribution >= 0.6 is 11.3 Å². The molecular formula is C16H17NO4S. The molecule has 0 aliphatic rings. The maximum Gasteiger partial charge on any atom is 0.349 e. The van der Waals surface area contributed by atoms with Crippen molar-refractivity contribution in [2.75, 3.05) is 7.11 Å². The molecule has 0 aliphatic carbocycles. The van der Waals surface area contributed by atoms with Gasteiger partial charge in [0.1, 0.15) is 10.6 Å². The van der Waals surface area contributed by atoms with Gasteiger partial charge in [0.2, 0.25) is 0 Å². The first-order valence-electron chi connectivity index (χ1n) is 6.75. The zero-order valence-electron chi connectivity index (χ0n) is 12.4.